The number of nitrogens with zero attached hydrogens (tertiary/aromatic N) is 1. The van der Waals surface area contributed by atoms with Gasteiger partial charge in [0.2, 0.25) is 5.91 Å². The first kappa shape index (κ1) is 19.8. The number of carbonyl (C=O) groups is 2. The van der Waals surface area contributed by atoms with Gasteiger partial charge in [-0.1, -0.05) is 12.8 Å². The fourth-order valence-corrected chi connectivity index (χ4v) is 3.46. The van der Waals surface area contributed by atoms with Gasteiger partial charge in [0.15, 0.2) is 11.5 Å². The molecule has 0 aliphatic heterocycles. The highest BCUT2D eigenvalue weighted by Crippen LogP contribution is 2.28. The summed E-state index contributed by atoms with van der Waals surface area (Å²) in [6.07, 6.45) is 5.80. The zero-order valence-electron chi connectivity index (χ0n) is 16.3. The lowest BCUT2D eigenvalue weighted by atomic mass is 10.1. The second kappa shape index (κ2) is 9.30. The molecule has 0 radical (unpaired) electrons. The van der Waals surface area contributed by atoms with Gasteiger partial charge in [0, 0.05) is 11.6 Å². The normalized spacial score (nSPS) is 13.9. The van der Waals surface area contributed by atoms with Crippen molar-refractivity contribution >= 4 is 11.8 Å². The molecule has 7 nitrogen and oxygen atoms in total. The van der Waals surface area contributed by atoms with Crippen LogP contribution in [0.3, 0.4) is 0 Å². The summed E-state index contributed by atoms with van der Waals surface area (Å²) in [4.78, 5) is 27.1. The Kier molecular flexibility index (Phi) is 6.57. The molecular formula is C21H26N2O5. The third-order valence-electron chi connectivity index (χ3n) is 4.90. The van der Waals surface area contributed by atoms with Crippen LogP contribution in [0.15, 0.2) is 41.0 Å². The first-order valence-corrected chi connectivity index (χ1v) is 9.43. The average molecular weight is 386 g/mol. The molecule has 0 bridgehead atoms. The lowest BCUT2D eigenvalue weighted by Gasteiger charge is -2.23. The van der Waals surface area contributed by atoms with Crippen LogP contribution in [0.1, 0.15) is 41.8 Å². The summed E-state index contributed by atoms with van der Waals surface area (Å²) in [5.41, 5.74) is 0.415. The predicted molar refractivity (Wildman–Crippen MR) is 103 cm³/mol. The zero-order chi connectivity index (χ0) is 19.9. The minimum Gasteiger partial charge on any atom is -0.493 e. The highest BCUT2D eigenvalue weighted by atomic mass is 16.5. The van der Waals surface area contributed by atoms with E-state index < -0.39 is 0 Å². The van der Waals surface area contributed by atoms with E-state index in [0.717, 1.165) is 25.7 Å². The van der Waals surface area contributed by atoms with E-state index in [0.29, 0.717) is 22.8 Å². The van der Waals surface area contributed by atoms with Crippen molar-refractivity contribution < 1.29 is 23.5 Å². The number of benzene rings is 1. The van der Waals surface area contributed by atoms with Crippen molar-refractivity contribution in [3.63, 3.8) is 0 Å². The van der Waals surface area contributed by atoms with Crippen LogP contribution in [0.4, 0.5) is 0 Å². The van der Waals surface area contributed by atoms with Gasteiger partial charge in [-0.2, -0.15) is 0 Å². The molecule has 28 heavy (non-hydrogen) atoms. The highest BCUT2D eigenvalue weighted by molar-refractivity contribution is 5.97. The van der Waals surface area contributed by atoms with E-state index in [1.807, 2.05) is 0 Å². The Bertz CT molecular complexity index is 797. The van der Waals surface area contributed by atoms with Crippen molar-refractivity contribution in [2.75, 3.05) is 20.8 Å². The molecule has 0 atom stereocenters. The second-order valence-electron chi connectivity index (χ2n) is 6.86. The lowest BCUT2D eigenvalue weighted by Crippen LogP contribution is -2.43. The van der Waals surface area contributed by atoms with Crippen LogP contribution in [-0.4, -0.2) is 43.5 Å². The van der Waals surface area contributed by atoms with E-state index in [-0.39, 0.29) is 30.9 Å². The van der Waals surface area contributed by atoms with Gasteiger partial charge in [-0.3, -0.25) is 9.59 Å². The number of methoxy groups -OCH3 is 2. The Morgan fingerprint density at radius 1 is 1.14 bits per heavy atom. The maximum absolute atomic E-state index is 13.1. The number of carbonyl (C=O) groups excluding carboxylic acids is 2. The molecule has 1 aliphatic rings. The highest BCUT2D eigenvalue weighted by Gasteiger charge is 2.24. The number of amides is 2. The smallest absolute Gasteiger partial charge is 0.254 e. The molecule has 150 valence electrons. The molecule has 1 aliphatic carbocycles. The Labute approximate surface area is 164 Å². The molecule has 1 aromatic heterocycles. The molecule has 2 amide bonds. The topological polar surface area (TPSA) is 81.0 Å². The summed E-state index contributed by atoms with van der Waals surface area (Å²) in [5.74, 6) is 1.17. The molecule has 2 aromatic rings. The number of ether oxygens (including phenoxy) is 2. The van der Waals surface area contributed by atoms with Crippen LogP contribution >= 0.6 is 0 Å². The van der Waals surface area contributed by atoms with Gasteiger partial charge in [0.1, 0.15) is 12.3 Å². The van der Waals surface area contributed by atoms with E-state index in [1.54, 1.807) is 36.6 Å². The largest absolute Gasteiger partial charge is 0.493 e. The van der Waals surface area contributed by atoms with Crippen LogP contribution in [0.25, 0.3) is 0 Å². The van der Waals surface area contributed by atoms with Gasteiger partial charge in [-0.05, 0) is 43.2 Å². The van der Waals surface area contributed by atoms with Crippen LogP contribution in [0.2, 0.25) is 0 Å². The number of rotatable bonds is 8. The maximum Gasteiger partial charge on any atom is 0.254 e. The summed E-state index contributed by atoms with van der Waals surface area (Å²) in [5, 5.41) is 3.03. The number of furan rings is 1. The molecular weight excluding hydrogens is 360 g/mol. The van der Waals surface area contributed by atoms with Crippen molar-refractivity contribution in [3.8, 4) is 11.5 Å². The Morgan fingerprint density at radius 3 is 2.54 bits per heavy atom. The molecule has 1 heterocycles. The monoisotopic (exact) mass is 386 g/mol. The quantitative estimate of drug-likeness (QED) is 0.754. The van der Waals surface area contributed by atoms with Gasteiger partial charge in [0.05, 0.1) is 27.0 Å². The molecule has 1 aromatic carbocycles. The van der Waals surface area contributed by atoms with Crippen molar-refractivity contribution in [2.24, 2.45) is 0 Å². The first-order valence-electron chi connectivity index (χ1n) is 9.43. The van der Waals surface area contributed by atoms with Crippen LogP contribution < -0.4 is 14.8 Å². The summed E-state index contributed by atoms with van der Waals surface area (Å²) in [7, 11) is 3.05. The van der Waals surface area contributed by atoms with E-state index in [2.05, 4.69) is 5.32 Å². The Morgan fingerprint density at radius 2 is 1.89 bits per heavy atom. The fraction of sp³-hybridized carbons (Fsp3) is 0.429. The third-order valence-corrected chi connectivity index (χ3v) is 4.90. The van der Waals surface area contributed by atoms with Crippen molar-refractivity contribution in [1.82, 2.24) is 10.2 Å². The molecule has 0 saturated heterocycles. The third kappa shape index (κ3) is 4.85. The summed E-state index contributed by atoms with van der Waals surface area (Å²) >= 11 is 0. The summed E-state index contributed by atoms with van der Waals surface area (Å²) in [6.45, 7) is 0.169. The Hall–Kier alpha value is -2.96. The summed E-state index contributed by atoms with van der Waals surface area (Å²) in [6, 6.07) is 8.69. The number of nitrogens with one attached hydrogen (secondary N) is 1. The molecule has 7 heteroatoms. The number of hydrogen-bond donors (Lipinski definition) is 1. The van der Waals surface area contributed by atoms with Crippen molar-refractivity contribution in [2.45, 2.75) is 38.3 Å². The molecule has 0 spiro atoms. The van der Waals surface area contributed by atoms with Crippen LogP contribution in [-0.2, 0) is 11.3 Å². The number of hydrogen-bond acceptors (Lipinski definition) is 5. The van der Waals surface area contributed by atoms with Crippen LogP contribution in [0, 0.1) is 0 Å². The van der Waals surface area contributed by atoms with E-state index in [4.69, 9.17) is 13.9 Å². The minimum atomic E-state index is -0.279. The van der Waals surface area contributed by atoms with E-state index >= 15 is 0 Å². The van der Waals surface area contributed by atoms with Gasteiger partial charge < -0.3 is 24.1 Å². The SMILES string of the molecule is COc1ccc(C(=O)N(CC(=O)NC2CCCC2)Cc2ccco2)cc1OC. The molecule has 1 fully saturated rings. The van der Waals surface area contributed by atoms with E-state index in [1.165, 1.54) is 19.1 Å². The van der Waals surface area contributed by atoms with Gasteiger partial charge >= 0.3 is 0 Å². The maximum atomic E-state index is 13.1. The van der Waals surface area contributed by atoms with Crippen LogP contribution in [0.5, 0.6) is 11.5 Å². The fourth-order valence-electron chi connectivity index (χ4n) is 3.46. The average Bonchev–Trinajstić information content (AvgIpc) is 3.40. The van der Waals surface area contributed by atoms with Crippen molar-refractivity contribution in [1.29, 1.82) is 0 Å². The van der Waals surface area contributed by atoms with E-state index in [9.17, 15) is 9.59 Å². The second-order valence-corrected chi connectivity index (χ2v) is 6.86. The standard InChI is InChI=1S/C21H26N2O5/c1-26-18-10-9-15(12-19(18)27-2)21(25)23(13-17-8-5-11-28-17)14-20(24)22-16-6-3-4-7-16/h5,8-12,16H,3-4,6-7,13-14H2,1-2H3,(H,22,24). The minimum absolute atomic E-state index is 0.0373. The van der Waals surface area contributed by atoms with Gasteiger partial charge in [-0.15, -0.1) is 0 Å². The first-order chi connectivity index (χ1) is 13.6. The molecule has 3 rings (SSSR count). The summed E-state index contributed by atoms with van der Waals surface area (Å²) < 4.78 is 15.9. The van der Waals surface area contributed by atoms with Gasteiger partial charge in [-0.25, -0.2) is 0 Å². The zero-order valence-corrected chi connectivity index (χ0v) is 16.3. The molecule has 0 unspecified atom stereocenters. The molecule has 1 N–H and O–H groups in total. The van der Waals surface area contributed by atoms with Crippen molar-refractivity contribution in [3.05, 3.63) is 47.9 Å². The lowest BCUT2D eigenvalue weighted by molar-refractivity contribution is -0.122. The predicted octanol–water partition coefficient (Wildman–Crippen LogP) is 3.00. The Balaban J connectivity index is 1.77. The van der Waals surface area contributed by atoms with Gasteiger partial charge in [0.25, 0.3) is 5.91 Å². The molecule has 1 saturated carbocycles.